The number of anilines is 1. The fourth-order valence-corrected chi connectivity index (χ4v) is 3.04. The summed E-state index contributed by atoms with van der Waals surface area (Å²) in [4.78, 5) is 23.7. The van der Waals surface area contributed by atoms with E-state index in [1.807, 2.05) is 24.3 Å². The number of esters is 1. The van der Waals surface area contributed by atoms with Gasteiger partial charge in [0.1, 0.15) is 11.8 Å². The third kappa shape index (κ3) is 4.99. The van der Waals surface area contributed by atoms with Crippen molar-refractivity contribution in [3.63, 3.8) is 0 Å². The number of halogens is 1. The summed E-state index contributed by atoms with van der Waals surface area (Å²) in [6, 6.07) is 12.2. The molecule has 138 valence electrons. The first kappa shape index (κ1) is 18.7. The molecule has 0 atom stereocenters. The molecule has 0 bridgehead atoms. The molecule has 0 unspecified atom stereocenters. The summed E-state index contributed by atoms with van der Waals surface area (Å²) in [6.45, 7) is -0.767. The van der Waals surface area contributed by atoms with Crippen LogP contribution in [0.5, 0.6) is 5.75 Å². The van der Waals surface area contributed by atoms with Crippen LogP contribution in [0.3, 0.4) is 0 Å². The van der Waals surface area contributed by atoms with Crippen LogP contribution in [-0.4, -0.2) is 25.1 Å². The zero-order valence-electron chi connectivity index (χ0n) is 14.5. The lowest BCUT2D eigenvalue weighted by molar-refractivity contribution is -0.149. The zero-order chi connectivity index (χ0) is 19.2. The van der Waals surface area contributed by atoms with Gasteiger partial charge in [0.15, 0.2) is 13.2 Å². The minimum atomic E-state index is -0.655. The molecule has 0 aliphatic heterocycles. The third-order valence-corrected chi connectivity index (χ3v) is 4.40. The maximum Gasteiger partial charge on any atom is 0.344 e. The molecule has 0 spiro atoms. The van der Waals surface area contributed by atoms with Gasteiger partial charge >= 0.3 is 5.97 Å². The Kier molecular flexibility index (Phi) is 5.94. The molecule has 1 amide bonds. The number of hydrogen-bond donors (Lipinski definition) is 1. The number of carbonyl (C=O) groups excluding carboxylic acids is 2. The Morgan fingerprint density at radius 2 is 1.93 bits per heavy atom. The van der Waals surface area contributed by atoms with Crippen LogP contribution in [0.2, 0.25) is 5.02 Å². The molecular formula is C20H17ClN2O4. The lowest BCUT2D eigenvalue weighted by Gasteiger charge is -2.10. The van der Waals surface area contributed by atoms with Gasteiger partial charge in [-0.25, -0.2) is 4.79 Å². The Balaban J connectivity index is 1.46. The Labute approximate surface area is 161 Å². The maximum atomic E-state index is 11.9. The van der Waals surface area contributed by atoms with Crippen molar-refractivity contribution < 1.29 is 19.1 Å². The SMILES string of the molecule is N#Cc1ccc(Cl)cc1NC(=O)COC(=O)COc1ccc2c(c1)CCC2. The van der Waals surface area contributed by atoms with Crippen LogP contribution in [0.4, 0.5) is 5.69 Å². The third-order valence-electron chi connectivity index (χ3n) is 4.17. The summed E-state index contributed by atoms with van der Waals surface area (Å²) in [6.07, 6.45) is 3.23. The molecule has 1 aliphatic rings. The molecule has 0 radical (unpaired) electrons. The number of amides is 1. The van der Waals surface area contributed by atoms with Crippen molar-refractivity contribution in [3.8, 4) is 11.8 Å². The molecule has 2 aromatic carbocycles. The van der Waals surface area contributed by atoms with Crippen molar-refractivity contribution >= 4 is 29.2 Å². The molecule has 0 aromatic heterocycles. The molecule has 0 saturated carbocycles. The Morgan fingerprint density at radius 3 is 2.74 bits per heavy atom. The van der Waals surface area contributed by atoms with Gasteiger partial charge in [0.25, 0.3) is 5.91 Å². The quantitative estimate of drug-likeness (QED) is 0.772. The Bertz CT molecular complexity index is 921. The van der Waals surface area contributed by atoms with Crippen LogP contribution >= 0.6 is 11.6 Å². The van der Waals surface area contributed by atoms with Crippen LogP contribution in [0.25, 0.3) is 0 Å². The molecule has 1 N–H and O–H groups in total. The van der Waals surface area contributed by atoms with E-state index in [0.29, 0.717) is 10.8 Å². The topological polar surface area (TPSA) is 88.4 Å². The van der Waals surface area contributed by atoms with E-state index in [1.54, 1.807) is 6.07 Å². The normalized spacial score (nSPS) is 12.0. The second-order valence-corrected chi connectivity index (χ2v) is 6.52. The van der Waals surface area contributed by atoms with Crippen LogP contribution in [0.15, 0.2) is 36.4 Å². The minimum absolute atomic E-state index is 0.263. The van der Waals surface area contributed by atoms with Crippen LogP contribution in [0, 0.1) is 11.3 Å². The molecule has 27 heavy (non-hydrogen) atoms. The van der Waals surface area contributed by atoms with E-state index in [2.05, 4.69) is 5.32 Å². The number of fused-ring (bicyclic) bond motifs is 1. The number of nitrogens with one attached hydrogen (secondary N) is 1. The summed E-state index contributed by atoms with van der Waals surface area (Å²) in [7, 11) is 0. The summed E-state index contributed by atoms with van der Waals surface area (Å²) < 4.78 is 10.3. The van der Waals surface area contributed by atoms with Crippen molar-refractivity contribution in [1.82, 2.24) is 0 Å². The predicted molar refractivity (Wildman–Crippen MR) is 99.7 cm³/mol. The fourth-order valence-electron chi connectivity index (χ4n) is 2.87. The van der Waals surface area contributed by atoms with Crippen molar-refractivity contribution in [2.24, 2.45) is 0 Å². The molecule has 0 fully saturated rings. The number of ether oxygens (including phenoxy) is 2. The van der Waals surface area contributed by atoms with Gasteiger partial charge < -0.3 is 14.8 Å². The van der Waals surface area contributed by atoms with Crippen LogP contribution in [0.1, 0.15) is 23.1 Å². The van der Waals surface area contributed by atoms with E-state index < -0.39 is 18.5 Å². The summed E-state index contributed by atoms with van der Waals surface area (Å²) >= 11 is 5.86. The highest BCUT2D eigenvalue weighted by Crippen LogP contribution is 2.26. The lowest BCUT2D eigenvalue weighted by atomic mass is 10.1. The van der Waals surface area contributed by atoms with E-state index in [0.717, 1.165) is 19.3 Å². The number of nitriles is 1. The first-order valence-electron chi connectivity index (χ1n) is 8.45. The molecule has 0 saturated heterocycles. The molecule has 0 heterocycles. The van der Waals surface area contributed by atoms with Gasteiger partial charge in [-0.3, -0.25) is 4.79 Å². The average Bonchev–Trinajstić information content (AvgIpc) is 3.12. The zero-order valence-corrected chi connectivity index (χ0v) is 15.2. The lowest BCUT2D eigenvalue weighted by Crippen LogP contribution is -2.24. The molecule has 1 aliphatic carbocycles. The molecule has 3 rings (SSSR count). The number of benzene rings is 2. The standard InChI is InChI=1S/C20H17ClN2O4/c21-16-6-4-15(10-22)18(9-16)23-19(24)11-27-20(25)12-26-17-7-5-13-2-1-3-14(13)8-17/h4-9H,1-3,11-12H2,(H,23,24). The van der Waals surface area contributed by atoms with Crippen molar-refractivity contribution in [2.45, 2.75) is 19.3 Å². The number of rotatable bonds is 6. The largest absolute Gasteiger partial charge is 0.482 e. The van der Waals surface area contributed by atoms with Gasteiger partial charge in [-0.15, -0.1) is 0 Å². The monoisotopic (exact) mass is 384 g/mol. The molecular weight excluding hydrogens is 368 g/mol. The number of nitrogens with zero attached hydrogens (tertiary/aromatic N) is 1. The van der Waals surface area contributed by atoms with E-state index in [4.69, 9.17) is 26.3 Å². The molecule has 2 aromatic rings. The van der Waals surface area contributed by atoms with Crippen LogP contribution in [-0.2, 0) is 27.2 Å². The van der Waals surface area contributed by atoms with Gasteiger partial charge in [-0.05, 0) is 60.7 Å². The smallest absolute Gasteiger partial charge is 0.344 e. The molecule has 7 heteroatoms. The van der Waals surface area contributed by atoms with E-state index in [1.165, 1.54) is 23.3 Å². The Hall–Kier alpha value is -3.04. The van der Waals surface area contributed by atoms with Gasteiger partial charge in [-0.2, -0.15) is 5.26 Å². The molecule has 6 nitrogen and oxygen atoms in total. The average molecular weight is 385 g/mol. The van der Waals surface area contributed by atoms with Crippen molar-refractivity contribution in [1.29, 1.82) is 5.26 Å². The summed E-state index contributed by atoms with van der Waals surface area (Å²) in [5.41, 5.74) is 3.09. The highest BCUT2D eigenvalue weighted by molar-refractivity contribution is 6.31. The number of carbonyl (C=O) groups is 2. The second-order valence-electron chi connectivity index (χ2n) is 6.08. The first-order chi connectivity index (χ1) is 13.0. The van der Waals surface area contributed by atoms with Gasteiger partial charge in [0.05, 0.1) is 11.3 Å². The van der Waals surface area contributed by atoms with E-state index in [-0.39, 0.29) is 17.9 Å². The number of hydrogen-bond acceptors (Lipinski definition) is 5. The van der Waals surface area contributed by atoms with E-state index >= 15 is 0 Å². The van der Waals surface area contributed by atoms with Gasteiger partial charge in [0.2, 0.25) is 0 Å². The van der Waals surface area contributed by atoms with Crippen molar-refractivity contribution in [2.75, 3.05) is 18.5 Å². The van der Waals surface area contributed by atoms with Crippen LogP contribution < -0.4 is 10.1 Å². The fraction of sp³-hybridized carbons (Fsp3) is 0.250. The highest BCUT2D eigenvalue weighted by Gasteiger charge is 2.13. The predicted octanol–water partition coefficient (Wildman–Crippen LogP) is 3.26. The summed E-state index contributed by atoms with van der Waals surface area (Å²) in [5.74, 6) is -0.619. The first-order valence-corrected chi connectivity index (χ1v) is 8.82. The summed E-state index contributed by atoms with van der Waals surface area (Å²) in [5, 5.41) is 11.9. The highest BCUT2D eigenvalue weighted by atomic mass is 35.5. The van der Waals surface area contributed by atoms with Crippen molar-refractivity contribution in [3.05, 3.63) is 58.1 Å². The maximum absolute atomic E-state index is 11.9. The second kappa shape index (κ2) is 8.56. The number of aryl methyl sites for hydroxylation is 2. The van der Waals surface area contributed by atoms with E-state index in [9.17, 15) is 9.59 Å². The minimum Gasteiger partial charge on any atom is -0.482 e. The van der Waals surface area contributed by atoms with Gasteiger partial charge in [0, 0.05) is 5.02 Å². The van der Waals surface area contributed by atoms with Gasteiger partial charge in [-0.1, -0.05) is 17.7 Å². The Morgan fingerprint density at radius 1 is 1.11 bits per heavy atom.